The molecule has 0 radical (unpaired) electrons. The van der Waals surface area contributed by atoms with Crippen LogP contribution in [0.15, 0.2) is 54.6 Å². The molecule has 0 spiro atoms. The Balaban J connectivity index is 1.71. The Labute approximate surface area is 169 Å². The van der Waals surface area contributed by atoms with Gasteiger partial charge in [0, 0.05) is 24.8 Å². The Morgan fingerprint density at radius 2 is 1.90 bits per heavy atom. The second-order valence-corrected chi connectivity index (χ2v) is 6.79. The van der Waals surface area contributed by atoms with Gasteiger partial charge in [0.05, 0.1) is 4.92 Å². The van der Waals surface area contributed by atoms with Crippen LogP contribution >= 0.6 is 0 Å². The van der Waals surface area contributed by atoms with Crippen molar-refractivity contribution in [3.8, 4) is 0 Å². The zero-order valence-corrected chi connectivity index (χ0v) is 16.5. The number of nitro benzene ring substituents is 1. The number of non-ortho nitro benzene ring substituents is 1. The van der Waals surface area contributed by atoms with Crippen LogP contribution in [0, 0.1) is 10.1 Å². The van der Waals surface area contributed by atoms with E-state index in [1.165, 1.54) is 29.8 Å². The van der Waals surface area contributed by atoms with Crippen LogP contribution < -0.4 is 5.32 Å². The van der Waals surface area contributed by atoms with Crippen molar-refractivity contribution >= 4 is 23.6 Å². The van der Waals surface area contributed by atoms with E-state index in [-0.39, 0.29) is 18.2 Å². The maximum atomic E-state index is 11.8. The first kappa shape index (κ1) is 21.8. The minimum absolute atomic E-state index is 0.0706. The highest BCUT2D eigenvalue weighted by Crippen LogP contribution is 2.15. The van der Waals surface area contributed by atoms with Crippen molar-refractivity contribution in [1.82, 2.24) is 5.32 Å². The molecule has 0 fully saturated rings. The van der Waals surface area contributed by atoms with Crippen LogP contribution in [-0.2, 0) is 20.7 Å². The van der Waals surface area contributed by atoms with Gasteiger partial charge in [0.15, 0.2) is 6.61 Å². The van der Waals surface area contributed by atoms with Crippen LogP contribution in [0.5, 0.6) is 0 Å². The van der Waals surface area contributed by atoms with Crippen LogP contribution in [0.25, 0.3) is 6.08 Å². The fourth-order valence-electron chi connectivity index (χ4n) is 2.56. The first-order valence-corrected chi connectivity index (χ1v) is 9.30. The highest BCUT2D eigenvalue weighted by Gasteiger charge is 2.07. The molecule has 0 saturated heterocycles. The molecule has 2 aromatic rings. The van der Waals surface area contributed by atoms with Crippen LogP contribution in [-0.4, -0.2) is 30.0 Å². The lowest BCUT2D eigenvalue weighted by atomic mass is 10.0. The summed E-state index contributed by atoms with van der Waals surface area (Å²) in [5.74, 6) is -0.610. The molecule has 0 atom stereocenters. The van der Waals surface area contributed by atoms with Gasteiger partial charge in [-0.25, -0.2) is 4.79 Å². The van der Waals surface area contributed by atoms with Crippen molar-refractivity contribution < 1.29 is 19.2 Å². The molecule has 0 unspecified atom stereocenters. The summed E-state index contributed by atoms with van der Waals surface area (Å²) in [6, 6.07) is 14.1. The second-order valence-electron chi connectivity index (χ2n) is 6.79. The molecule has 0 aromatic heterocycles. The first-order chi connectivity index (χ1) is 13.8. The third-order valence-electron chi connectivity index (χ3n) is 4.22. The number of nitrogens with zero attached hydrogens (tertiary/aromatic N) is 1. The van der Waals surface area contributed by atoms with E-state index in [9.17, 15) is 19.7 Å². The Bertz CT molecular complexity index is 888. The van der Waals surface area contributed by atoms with E-state index in [1.807, 2.05) is 12.1 Å². The van der Waals surface area contributed by atoms with E-state index in [4.69, 9.17) is 4.74 Å². The number of hydrogen-bond donors (Lipinski definition) is 1. The minimum atomic E-state index is -0.698. The lowest BCUT2D eigenvalue weighted by molar-refractivity contribution is -0.384. The number of ether oxygens (including phenoxy) is 1. The van der Waals surface area contributed by atoms with Gasteiger partial charge in [-0.05, 0) is 35.1 Å². The van der Waals surface area contributed by atoms with Crippen LogP contribution in [0.4, 0.5) is 5.69 Å². The summed E-state index contributed by atoms with van der Waals surface area (Å²) in [5.41, 5.74) is 2.80. The largest absolute Gasteiger partial charge is 0.452 e. The standard InChI is InChI=1S/C22H24N2O5/c1-16(2)19-9-6-17(7-10-19)12-13-23-21(25)15-29-22(26)11-8-18-4-3-5-20(14-18)24(27)28/h3-11,14,16H,12-13,15H2,1-2H3,(H,23,25)/b11-8+. The number of carbonyl (C=O) groups is 2. The van der Waals surface area contributed by atoms with Gasteiger partial charge in [0.1, 0.15) is 0 Å². The number of carbonyl (C=O) groups excluding carboxylic acids is 2. The zero-order chi connectivity index (χ0) is 21.2. The average Bonchev–Trinajstić information content (AvgIpc) is 2.71. The fourth-order valence-corrected chi connectivity index (χ4v) is 2.56. The SMILES string of the molecule is CC(C)c1ccc(CCNC(=O)COC(=O)/C=C/c2cccc([N+](=O)[O-])c2)cc1. The van der Waals surface area contributed by atoms with E-state index < -0.39 is 10.9 Å². The Morgan fingerprint density at radius 3 is 2.55 bits per heavy atom. The van der Waals surface area contributed by atoms with Crippen molar-refractivity contribution in [1.29, 1.82) is 0 Å². The van der Waals surface area contributed by atoms with Crippen LogP contribution in [0.2, 0.25) is 0 Å². The van der Waals surface area contributed by atoms with Gasteiger partial charge in [0.2, 0.25) is 0 Å². The van der Waals surface area contributed by atoms with E-state index in [1.54, 1.807) is 6.07 Å². The molecule has 1 N–H and O–H groups in total. The van der Waals surface area contributed by atoms with Crippen LogP contribution in [0.1, 0.15) is 36.5 Å². The smallest absolute Gasteiger partial charge is 0.331 e. The maximum absolute atomic E-state index is 11.8. The number of rotatable bonds is 9. The number of amides is 1. The summed E-state index contributed by atoms with van der Waals surface area (Å²) < 4.78 is 4.88. The normalized spacial score (nSPS) is 10.9. The summed E-state index contributed by atoms with van der Waals surface area (Å²) in [7, 11) is 0. The zero-order valence-electron chi connectivity index (χ0n) is 16.5. The summed E-state index contributed by atoms with van der Waals surface area (Å²) in [5, 5.41) is 13.4. The van der Waals surface area contributed by atoms with Crippen molar-refractivity contribution in [2.75, 3.05) is 13.2 Å². The predicted octanol–water partition coefficient (Wildman–Crippen LogP) is 3.63. The number of esters is 1. The number of nitro groups is 1. The Morgan fingerprint density at radius 1 is 1.17 bits per heavy atom. The van der Waals surface area contributed by atoms with Crippen molar-refractivity contribution in [3.05, 3.63) is 81.4 Å². The molecule has 0 aliphatic carbocycles. The van der Waals surface area contributed by atoms with Crippen molar-refractivity contribution in [2.45, 2.75) is 26.2 Å². The molecule has 0 bridgehead atoms. The van der Waals surface area contributed by atoms with Gasteiger partial charge in [0.25, 0.3) is 11.6 Å². The molecule has 7 nitrogen and oxygen atoms in total. The molecule has 29 heavy (non-hydrogen) atoms. The van der Waals surface area contributed by atoms with Gasteiger partial charge in [-0.15, -0.1) is 0 Å². The molecule has 152 valence electrons. The Kier molecular flexibility index (Phi) is 8.09. The molecule has 0 aliphatic heterocycles. The molecule has 0 aliphatic rings. The quantitative estimate of drug-likeness (QED) is 0.302. The summed E-state index contributed by atoms with van der Waals surface area (Å²) >= 11 is 0. The van der Waals surface area contributed by atoms with Crippen LogP contribution in [0.3, 0.4) is 0 Å². The van der Waals surface area contributed by atoms with E-state index in [0.29, 0.717) is 24.4 Å². The van der Waals surface area contributed by atoms with E-state index in [0.717, 1.165) is 11.6 Å². The molecule has 7 heteroatoms. The number of benzene rings is 2. The molecule has 0 heterocycles. The third kappa shape index (κ3) is 7.57. The number of hydrogen-bond acceptors (Lipinski definition) is 5. The van der Waals surface area contributed by atoms with Gasteiger partial charge >= 0.3 is 5.97 Å². The summed E-state index contributed by atoms with van der Waals surface area (Å²) in [6.45, 7) is 4.33. The highest BCUT2D eigenvalue weighted by atomic mass is 16.6. The number of nitrogens with one attached hydrogen (secondary N) is 1. The molecular formula is C22H24N2O5. The fraction of sp³-hybridized carbons (Fsp3) is 0.273. The average molecular weight is 396 g/mol. The van der Waals surface area contributed by atoms with Gasteiger partial charge in [-0.2, -0.15) is 0 Å². The first-order valence-electron chi connectivity index (χ1n) is 9.30. The maximum Gasteiger partial charge on any atom is 0.331 e. The lowest BCUT2D eigenvalue weighted by Crippen LogP contribution is -2.30. The van der Waals surface area contributed by atoms with Crippen molar-refractivity contribution in [2.24, 2.45) is 0 Å². The summed E-state index contributed by atoms with van der Waals surface area (Å²) in [4.78, 5) is 33.7. The highest BCUT2D eigenvalue weighted by molar-refractivity contribution is 5.89. The van der Waals surface area contributed by atoms with E-state index in [2.05, 4.69) is 31.3 Å². The molecule has 2 rings (SSSR count). The molecule has 1 amide bonds. The predicted molar refractivity (Wildman–Crippen MR) is 110 cm³/mol. The minimum Gasteiger partial charge on any atom is -0.452 e. The Hall–Kier alpha value is -3.48. The third-order valence-corrected chi connectivity index (χ3v) is 4.22. The molecule has 2 aromatic carbocycles. The topological polar surface area (TPSA) is 98.5 Å². The monoisotopic (exact) mass is 396 g/mol. The second kappa shape index (κ2) is 10.8. The molecular weight excluding hydrogens is 372 g/mol. The van der Waals surface area contributed by atoms with Gasteiger partial charge in [-0.3, -0.25) is 14.9 Å². The van der Waals surface area contributed by atoms with Gasteiger partial charge in [-0.1, -0.05) is 50.2 Å². The van der Waals surface area contributed by atoms with E-state index >= 15 is 0 Å². The van der Waals surface area contributed by atoms with Crippen molar-refractivity contribution in [3.63, 3.8) is 0 Å². The van der Waals surface area contributed by atoms with Gasteiger partial charge < -0.3 is 10.1 Å². The summed E-state index contributed by atoms with van der Waals surface area (Å²) in [6.07, 6.45) is 3.21. The lowest BCUT2D eigenvalue weighted by Gasteiger charge is -2.08. The molecule has 0 saturated carbocycles.